The summed E-state index contributed by atoms with van der Waals surface area (Å²) in [6.07, 6.45) is 0.283. The van der Waals surface area contributed by atoms with Crippen molar-refractivity contribution in [3.63, 3.8) is 0 Å². The maximum atomic E-state index is 12.7. The second-order valence-corrected chi connectivity index (χ2v) is 7.05. The van der Waals surface area contributed by atoms with E-state index in [0.29, 0.717) is 24.7 Å². The highest BCUT2D eigenvalue weighted by molar-refractivity contribution is 7.51. The SMILES string of the molecule is C[C@H](N[P+](=O)c1ccccc1)C(=O)[N+]1(C(=O)O)CCC[C@H]1C. The van der Waals surface area contributed by atoms with Crippen LogP contribution in [0.1, 0.15) is 26.7 Å². The average Bonchev–Trinajstić information content (AvgIpc) is 2.90. The van der Waals surface area contributed by atoms with Gasteiger partial charge in [0.15, 0.2) is 6.04 Å². The molecule has 1 aromatic carbocycles. The molecular weight excluding hydrogens is 303 g/mol. The Morgan fingerprint density at radius 2 is 2.00 bits per heavy atom. The first-order valence-corrected chi connectivity index (χ1v) is 8.59. The zero-order chi connectivity index (χ0) is 16.3. The van der Waals surface area contributed by atoms with Gasteiger partial charge in [-0.05, 0) is 30.5 Å². The Kier molecular flexibility index (Phi) is 5.06. The molecule has 1 saturated heterocycles. The minimum absolute atomic E-state index is 0.260. The van der Waals surface area contributed by atoms with Gasteiger partial charge in [0.2, 0.25) is 5.30 Å². The van der Waals surface area contributed by atoms with Crippen molar-refractivity contribution in [2.24, 2.45) is 0 Å². The Morgan fingerprint density at radius 3 is 2.50 bits per heavy atom. The zero-order valence-electron chi connectivity index (χ0n) is 12.7. The number of amides is 2. The lowest BCUT2D eigenvalue weighted by Crippen LogP contribution is -2.62. The molecule has 1 aliphatic rings. The summed E-state index contributed by atoms with van der Waals surface area (Å²) in [7, 11) is -1.94. The van der Waals surface area contributed by atoms with Gasteiger partial charge in [0.05, 0.1) is 6.54 Å². The average molecular weight is 324 g/mol. The van der Waals surface area contributed by atoms with Crippen LogP contribution in [0.3, 0.4) is 0 Å². The van der Waals surface area contributed by atoms with Gasteiger partial charge in [-0.25, -0.2) is 4.79 Å². The van der Waals surface area contributed by atoms with Gasteiger partial charge in [0.1, 0.15) is 6.04 Å². The van der Waals surface area contributed by atoms with Gasteiger partial charge in [0.25, 0.3) is 0 Å². The molecule has 118 valence electrons. The van der Waals surface area contributed by atoms with E-state index in [1.54, 1.807) is 38.1 Å². The van der Waals surface area contributed by atoms with Crippen LogP contribution >= 0.6 is 7.95 Å². The molecule has 0 saturated carbocycles. The highest BCUT2D eigenvalue weighted by Gasteiger charge is 2.55. The summed E-state index contributed by atoms with van der Waals surface area (Å²) in [6, 6.07) is 7.73. The lowest BCUT2D eigenvalue weighted by Gasteiger charge is -2.30. The number of likely N-dealkylation sites (tertiary alicyclic amines) is 1. The fraction of sp³-hybridized carbons (Fsp3) is 0.467. The van der Waals surface area contributed by atoms with E-state index in [9.17, 15) is 19.3 Å². The molecule has 6 nitrogen and oxygen atoms in total. The molecule has 1 fully saturated rings. The number of carbonyl (C=O) groups excluding carboxylic acids is 1. The van der Waals surface area contributed by atoms with Crippen molar-refractivity contribution < 1.29 is 23.7 Å². The molecule has 22 heavy (non-hydrogen) atoms. The third-order valence-electron chi connectivity index (χ3n) is 4.29. The van der Waals surface area contributed by atoms with E-state index >= 15 is 0 Å². The monoisotopic (exact) mass is 324 g/mol. The van der Waals surface area contributed by atoms with E-state index in [0.717, 1.165) is 0 Å². The van der Waals surface area contributed by atoms with Gasteiger partial charge >= 0.3 is 20.0 Å². The van der Waals surface area contributed by atoms with Crippen molar-refractivity contribution in [3.8, 4) is 0 Å². The molecule has 0 aliphatic carbocycles. The Bertz CT molecular complexity index is 592. The lowest BCUT2D eigenvalue weighted by molar-refractivity contribution is -0.792. The smallest absolute Gasteiger partial charge is 0.435 e. The molecule has 1 aromatic rings. The molecule has 1 heterocycles. The number of rotatable bonds is 4. The quantitative estimate of drug-likeness (QED) is 0.655. The molecule has 2 rings (SSSR count). The van der Waals surface area contributed by atoms with Crippen molar-refractivity contribution in [2.75, 3.05) is 6.54 Å². The van der Waals surface area contributed by atoms with E-state index < -0.39 is 30.5 Å². The fourth-order valence-corrected chi connectivity index (χ4v) is 4.05. The molecule has 4 atom stereocenters. The van der Waals surface area contributed by atoms with Crippen LogP contribution in [-0.2, 0) is 9.36 Å². The number of carbonyl (C=O) groups is 2. The number of benzene rings is 1. The number of nitrogens with zero attached hydrogens (tertiary/aromatic N) is 1. The molecule has 1 aliphatic heterocycles. The van der Waals surface area contributed by atoms with Crippen molar-refractivity contribution in [1.82, 2.24) is 5.09 Å². The van der Waals surface area contributed by atoms with Crippen LogP contribution in [-0.4, -0.2) is 40.2 Å². The first-order valence-electron chi connectivity index (χ1n) is 7.33. The molecule has 7 heteroatoms. The topological polar surface area (TPSA) is 83.5 Å². The summed E-state index contributed by atoms with van der Waals surface area (Å²) in [5.74, 6) is -0.434. The maximum Gasteiger partial charge on any atom is 0.521 e. The number of hydrogen-bond donors (Lipinski definition) is 2. The highest BCUT2D eigenvalue weighted by Crippen LogP contribution is 2.29. The van der Waals surface area contributed by atoms with Gasteiger partial charge in [0, 0.05) is 12.8 Å². The van der Waals surface area contributed by atoms with Gasteiger partial charge in [-0.2, -0.15) is 9.28 Å². The number of hydrogen-bond acceptors (Lipinski definition) is 3. The minimum atomic E-state index is -1.94. The lowest BCUT2D eigenvalue weighted by atomic mass is 10.2. The van der Waals surface area contributed by atoms with Crippen molar-refractivity contribution >= 4 is 25.3 Å². The Morgan fingerprint density at radius 1 is 1.36 bits per heavy atom. The van der Waals surface area contributed by atoms with Gasteiger partial charge in [-0.3, -0.25) is 0 Å². The van der Waals surface area contributed by atoms with Gasteiger partial charge < -0.3 is 5.11 Å². The van der Waals surface area contributed by atoms with Crippen molar-refractivity contribution in [1.29, 1.82) is 0 Å². The van der Waals surface area contributed by atoms with E-state index in [4.69, 9.17) is 0 Å². The van der Waals surface area contributed by atoms with E-state index in [1.165, 1.54) is 0 Å². The predicted molar refractivity (Wildman–Crippen MR) is 83.1 cm³/mol. The van der Waals surface area contributed by atoms with Gasteiger partial charge in [-0.1, -0.05) is 23.3 Å². The van der Waals surface area contributed by atoms with Crippen LogP contribution in [0.2, 0.25) is 0 Å². The van der Waals surface area contributed by atoms with Gasteiger partial charge in [-0.15, -0.1) is 0 Å². The standard InChI is InChI=1S/C15H19N2O4P/c1-11-7-6-10-17(11,15(19)20)14(18)12(2)16-22(21)13-8-4-3-5-9-13/h3-5,8-9,11-12H,6-7,10H2,1-2H3/p+2/t11-,12+,17?/m1/s1. The number of carboxylic acid groups (broad SMARTS) is 1. The fourth-order valence-electron chi connectivity index (χ4n) is 3.00. The number of nitrogens with one attached hydrogen (secondary N) is 1. The summed E-state index contributed by atoms with van der Waals surface area (Å²) in [5, 5.41) is 12.9. The second kappa shape index (κ2) is 6.65. The van der Waals surface area contributed by atoms with E-state index in [2.05, 4.69) is 5.09 Å². The summed E-state index contributed by atoms with van der Waals surface area (Å²) in [5.41, 5.74) is 0. The van der Waals surface area contributed by atoms with Crippen molar-refractivity contribution in [3.05, 3.63) is 30.3 Å². The van der Waals surface area contributed by atoms with Crippen LogP contribution in [0.5, 0.6) is 0 Å². The largest absolute Gasteiger partial charge is 0.521 e. The van der Waals surface area contributed by atoms with Crippen LogP contribution in [0.4, 0.5) is 4.79 Å². The summed E-state index contributed by atoms with van der Waals surface area (Å²) >= 11 is 0. The Labute approximate surface area is 130 Å². The molecule has 0 aromatic heterocycles. The molecular formula is C15H21N2O4P+2. The van der Waals surface area contributed by atoms with Crippen LogP contribution in [0.15, 0.2) is 30.3 Å². The third-order valence-corrected chi connectivity index (χ3v) is 5.68. The number of imide groups is 1. The Hall–Kier alpha value is -1.62. The summed E-state index contributed by atoms with van der Waals surface area (Å²) < 4.78 is 11.7. The molecule has 0 bridgehead atoms. The van der Waals surface area contributed by atoms with Crippen LogP contribution in [0, 0.1) is 0 Å². The van der Waals surface area contributed by atoms with E-state index in [-0.39, 0.29) is 6.04 Å². The molecule has 0 radical (unpaired) electrons. The predicted octanol–water partition coefficient (Wildman–Crippen LogP) is 2.24. The maximum absolute atomic E-state index is 12.7. The summed E-state index contributed by atoms with van der Waals surface area (Å²) in [4.78, 5) is 24.4. The summed E-state index contributed by atoms with van der Waals surface area (Å²) in [6.45, 7) is 3.65. The first-order chi connectivity index (χ1) is 10.4. The Balaban J connectivity index is 2.15. The van der Waals surface area contributed by atoms with E-state index in [1.807, 2.05) is 6.07 Å². The molecule has 2 amide bonds. The van der Waals surface area contributed by atoms with Crippen molar-refractivity contribution in [2.45, 2.75) is 38.8 Å². The first kappa shape index (κ1) is 16.7. The highest BCUT2D eigenvalue weighted by atomic mass is 31.1. The normalized spacial score (nSPS) is 26.5. The van der Waals surface area contributed by atoms with Crippen LogP contribution in [0.25, 0.3) is 0 Å². The minimum Gasteiger partial charge on any atom is -0.435 e. The zero-order valence-corrected chi connectivity index (χ0v) is 13.6. The molecule has 2 unspecified atom stereocenters. The second-order valence-electron chi connectivity index (χ2n) is 5.69. The molecule has 0 spiro atoms. The van der Waals surface area contributed by atoms with Crippen LogP contribution < -0.4 is 10.4 Å². The number of quaternary nitrogens is 1. The molecule has 2 N–H and O–H groups in total. The third kappa shape index (κ3) is 2.95.